The Morgan fingerprint density at radius 1 is 1.29 bits per heavy atom. The minimum atomic E-state index is -0.934. The van der Waals surface area contributed by atoms with E-state index in [2.05, 4.69) is 5.32 Å². The first kappa shape index (κ1) is 17.2. The Hall–Kier alpha value is -1.88. The number of hydrogen-bond donors (Lipinski definition) is 2. The lowest BCUT2D eigenvalue weighted by molar-refractivity contribution is -0.140. The number of carboxylic acids is 1. The summed E-state index contributed by atoms with van der Waals surface area (Å²) in [5.74, 6) is -1.14. The molecule has 2 N–H and O–H groups in total. The molecule has 0 bridgehead atoms. The molecule has 1 aromatic carbocycles. The van der Waals surface area contributed by atoms with Crippen molar-refractivity contribution in [2.75, 3.05) is 18.0 Å². The smallest absolute Gasteiger partial charge is 0.320 e. The minimum absolute atomic E-state index is 0.0112. The number of amides is 1. The van der Waals surface area contributed by atoms with Gasteiger partial charge < -0.3 is 10.0 Å². The fraction of sp³-hybridized carbons (Fsp3) is 0.500. The number of aliphatic carboxylic acids is 1. The normalized spacial score (nSPS) is 12.2. The molecule has 116 valence electrons. The second-order valence-corrected chi connectivity index (χ2v) is 5.37. The van der Waals surface area contributed by atoms with E-state index in [9.17, 15) is 9.59 Å². The molecule has 1 unspecified atom stereocenters. The first-order valence-electron chi connectivity index (χ1n) is 7.20. The summed E-state index contributed by atoms with van der Waals surface area (Å²) < 4.78 is 0. The lowest BCUT2D eigenvalue weighted by atomic mass is 10.0. The van der Waals surface area contributed by atoms with Gasteiger partial charge in [0, 0.05) is 12.2 Å². The molecule has 0 spiro atoms. The fourth-order valence-electron chi connectivity index (χ4n) is 2.25. The van der Waals surface area contributed by atoms with E-state index in [0.717, 1.165) is 11.3 Å². The Labute approximate surface area is 126 Å². The second kappa shape index (κ2) is 7.78. The van der Waals surface area contributed by atoms with Crippen LogP contribution in [0.2, 0.25) is 0 Å². The highest BCUT2D eigenvalue weighted by atomic mass is 16.4. The minimum Gasteiger partial charge on any atom is -0.480 e. The molecule has 0 aliphatic heterocycles. The van der Waals surface area contributed by atoms with E-state index < -0.39 is 12.0 Å². The van der Waals surface area contributed by atoms with Gasteiger partial charge in [0.15, 0.2) is 0 Å². The average molecular weight is 292 g/mol. The van der Waals surface area contributed by atoms with E-state index in [4.69, 9.17) is 5.11 Å². The predicted molar refractivity (Wildman–Crippen MR) is 83.5 cm³/mol. The zero-order valence-electron chi connectivity index (χ0n) is 13.1. The Kier molecular flexibility index (Phi) is 6.37. The Morgan fingerprint density at radius 3 is 2.38 bits per heavy atom. The van der Waals surface area contributed by atoms with Gasteiger partial charge in [-0.15, -0.1) is 0 Å². The molecule has 21 heavy (non-hydrogen) atoms. The van der Waals surface area contributed by atoms with E-state index in [-0.39, 0.29) is 18.4 Å². The molecule has 0 aliphatic carbocycles. The zero-order valence-corrected chi connectivity index (χ0v) is 13.1. The third kappa shape index (κ3) is 4.56. The summed E-state index contributed by atoms with van der Waals surface area (Å²) in [5.41, 5.74) is 1.88. The number of carbonyl (C=O) groups is 2. The second-order valence-electron chi connectivity index (χ2n) is 5.37. The number of anilines is 1. The summed E-state index contributed by atoms with van der Waals surface area (Å²) in [6.45, 7) is 8.04. The lowest BCUT2D eigenvalue weighted by Crippen LogP contribution is -2.47. The van der Waals surface area contributed by atoms with Crippen LogP contribution in [0, 0.1) is 12.8 Å². The van der Waals surface area contributed by atoms with Crippen molar-refractivity contribution in [2.45, 2.75) is 33.7 Å². The quantitative estimate of drug-likeness (QED) is 0.807. The fourth-order valence-corrected chi connectivity index (χ4v) is 2.25. The van der Waals surface area contributed by atoms with Gasteiger partial charge in [-0.05, 0) is 31.4 Å². The van der Waals surface area contributed by atoms with E-state index in [1.807, 2.05) is 52.0 Å². The number of carbonyl (C=O) groups excluding carboxylic acids is 1. The number of benzene rings is 1. The molecule has 1 atom stereocenters. The maximum Gasteiger partial charge on any atom is 0.320 e. The number of hydrogen-bond acceptors (Lipinski definition) is 3. The van der Waals surface area contributed by atoms with Gasteiger partial charge in [-0.2, -0.15) is 0 Å². The summed E-state index contributed by atoms with van der Waals surface area (Å²) in [7, 11) is 0. The van der Waals surface area contributed by atoms with Crippen LogP contribution in [0.1, 0.15) is 26.3 Å². The van der Waals surface area contributed by atoms with Crippen molar-refractivity contribution in [1.29, 1.82) is 0 Å². The van der Waals surface area contributed by atoms with Crippen LogP contribution in [0.25, 0.3) is 0 Å². The zero-order chi connectivity index (χ0) is 16.0. The van der Waals surface area contributed by atoms with Crippen molar-refractivity contribution in [3.05, 3.63) is 29.8 Å². The van der Waals surface area contributed by atoms with Crippen molar-refractivity contribution in [3.8, 4) is 0 Å². The Balaban J connectivity index is 2.77. The number of aryl methyl sites for hydroxylation is 1. The number of likely N-dealkylation sites (N-methyl/N-ethyl adjacent to an activating group) is 1. The van der Waals surface area contributed by atoms with Crippen LogP contribution < -0.4 is 10.2 Å². The Bertz CT molecular complexity index is 500. The molecule has 0 fully saturated rings. The summed E-state index contributed by atoms with van der Waals surface area (Å²) >= 11 is 0. The van der Waals surface area contributed by atoms with Gasteiger partial charge in [-0.25, -0.2) is 0 Å². The molecule has 1 aromatic rings. The molecule has 0 saturated heterocycles. The number of carboxylic acid groups (broad SMARTS) is 1. The van der Waals surface area contributed by atoms with Crippen LogP contribution in [-0.4, -0.2) is 36.1 Å². The van der Waals surface area contributed by atoms with Gasteiger partial charge in [-0.3, -0.25) is 14.9 Å². The molecule has 0 aliphatic rings. The summed E-state index contributed by atoms with van der Waals surface area (Å²) in [6, 6.07) is 6.94. The molecule has 5 nitrogen and oxygen atoms in total. The first-order valence-corrected chi connectivity index (χ1v) is 7.20. The van der Waals surface area contributed by atoms with Crippen molar-refractivity contribution < 1.29 is 14.7 Å². The number of rotatable bonds is 7. The Morgan fingerprint density at radius 2 is 1.90 bits per heavy atom. The highest BCUT2D eigenvalue weighted by Crippen LogP contribution is 2.19. The number of nitrogens with one attached hydrogen (secondary N) is 1. The van der Waals surface area contributed by atoms with E-state index in [1.165, 1.54) is 0 Å². The first-order chi connectivity index (χ1) is 9.88. The summed E-state index contributed by atoms with van der Waals surface area (Å²) in [5, 5.41) is 12.0. The number of nitrogens with zero attached hydrogens (tertiary/aromatic N) is 1. The van der Waals surface area contributed by atoms with Crippen molar-refractivity contribution >= 4 is 17.6 Å². The standard InChI is InChI=1S/C16H24N2O3/c1-5-18(13-9-7-6-8-12(13)4)14(19)10-17-15(11(2)3)16(20)21/h6-9,11,15,17H,5,10H2,1-4H3,(H,20,21). The maximum absolute atomic E-state index is 12.3. The van der Waals surface area contributed by atoms with Crippen LogP contribution in [0.5, 0.6) is 0 Å². The molecular weight excluding hydrogens is 268 g/mol. The van der Waals surface area contributed by atoms with Crippen molar-refractivity contribution in [3.63, 3.8) is 0 Å². The van der Waals surface area contributed by atoms with E-state index in [0.29, 0.717) is 6.54 Å². The molecule has 0 saturated carbocycles. The van der Waals surface area contributed by atoms with Crippen molar-refractivity contribution in [1.82, 2.24) is 5.32 Å². The largest absolute Gasteiger partial charge is 0.480 e. The van der Waals surface area contributed by atoms with E-state index >= 15 is 0 Å². The van der Waals surface area contributed by atoms with Crippen LogP contribution >= 0.6 is 0 Å². The van der Waals surface area contributed by atoms with Gasteiger partial charge in [0.05, 0.1) is 6.54 Å². The number of para-hydroxylation sites is 1. The molecule has 0 aromatic heterocycles. The summed E-state index contributed by atoms with van der Waals surface area (Å²) in [4.78, 5) is 25.1. The molecule has 1 rings (SSSR count). The topological polar surface area (TPSA) is 69.6 Å². The SMILES string of the molecule is CCN(C(=O)CNC(C(=O)O)C(C)C)c1ccccc1C. The highest BCUT2D eigenvalue weighted by molar-refractivity contribution is 5.95. The third-order valence-electron chi connectivity index (χ3n) is 3.43. The monoisotopic (exact) mass is 292 g/mol. The van der Waals surface area contributed by atoms with Crippen LogP contribution in [0.4, 0.5) is 5.69 Å². The van der Waals surface area contributed by atoms with Crippen molar-refractivity contribution in [2.24, 2.45) is 5.92 Å². The van der Waals surface area contributed by atoms with Gasteiger partial charge in [0.25, 0.3) is 0 Å². The average Bonchev–Trinajstić information content (AvgIpc) is 2.41. The maximum atomic E-state index is 12.3. The molecular formula is C16H24N2O3. The molecule has 0 heterocycles. The molecule has 0 radical (unpaired) electrons. The van der Waals surface area contributed by atoms with E-state index in [1.54, 1.807) is 4.90 Å². The van der Waals surface area contributed by atoms with Gasteiger partial charge >= 0.3 is 5.97 Å². The van der Waals surface area contributed by atoms with Crippen LogP contribution in [-0.2, 0) is 9.59 Å². The third-order valence-corrected chi connectivity index (χ3v) is 3.43. The van der Waals surface area contributed by atoms with Gasteiger partial charge in [-0.1, -0.05) is 32.0 Å². The highest BCUT2D eigenvalue weighted by Gasteiger charge is 2.23. The van der Waals surface area contributed by atoms with Crippen LogP contribution in [0.3, 0.4) is 0 Å². The molecule has 5 heteroatoms. The molecule has 1 amide bonds. The predicted octanol–water partition coefficient (Wildman–Crippen LogP) is 2.05. The summed E-state index contributed by atoms with van der Waals surface area (Å²) in [6.07, 6.45) is 0. The lowest BCUT2D eigenvalue weighted by Gasteiger charge is -2.25. The van der Waals surface area contributed by atoms with Crippen LogP contribution in [0.15, 0.2) is 24.3 Å². The van der Waals surface area contributed by atoms with Gasteiger partial charge in [0.2, 0.25) is 5.91 Å². The van der Waals surface area contributed by atoms with Gasteiger partial charge in [0.1, 0.15) is 6.04 Å².